The molecule has 0 saturated carbocycles. The lowest BCUT2D eigenvalue weighted by Gasteiger charge is -1.99. The zero-order chi connectivity index (χ0) is 8.81. The van der Waals surface area contributed by atoms with Gasteiger partial charge in [-0.3, -0.25) is 4.79 Å². The molecule has 61 valence electrons. The van der Waals surface area contributed by atoms with Crippen molar-refractivity contribution in [2.24, 2.45) is 0 Å². The molecule has 0 aliphatic heterocycles. The van der Waals surface area contributed by atoms with E-state index in [2.05, 4.69) is 11.4 Å². The number of benzene rings is 1. The Balaban J connectivity index is 2.59. The van der Waals surface area contributed by atoms with Crippen molar-refractivity contribution in [3.05, 3.63) is 42.5 Å². The lowest BCUT2D eigenvalue weighted by Crippen LogP contribution is -2.07. The number of hydrogen-bond donors (Lipinski definition) is 1. The van der Waals surface area contributed by atoms with Crippen LogP contribution < -0.4 is 5.32 Å². The first kappa shape index (κ1) is 8.53. The number of rotatable bonds is 2. The van der Waals surface area contributed by atoms with E-state index in [9.17, 15) is 4.79 Å². The molecule has 1 aromatic rings. The van der Waals surface area contributed by atoms with Crippen LogP contribution in [0.2, 0.25) is 0 Å². The fraction of sp³-hybridized carbons (Fsp3) is 0.100. The summed E-state index contributed by atoms with van der Waals surface area (Å²) < 4.78 is 0. The van der Waals surface area contributed by atoms with Crippen LogP contribution in [-0.4, -0.2) is 5.91 Å². The van der Waals surface area contributed by atoms with Crippen LogP contribution in [-0.2, 0) is 4.79 Å². The first-order valence-corrected chi connectivity index (χ1v) is 3.72. The van der Waals surface area contributed by atoms with Crippen molar-refractivity contribution >= 4 is 11.6 Å². The summed E-state index contributed by atoms with van der Waals surface area (Å²) in [5.41, 5.74) is 0.764. The lowest BCUT2D eigenvalue weighted by molar-refractivity contribution is -0.111. The van der Waals surface area contributed by atoms with Gasteiger partial charge in [0.25, 0.3) is 0 Å². The molecule has 1 aromatic carbocycles. The van der Waals surface area contributed by atoms with E-state index in [1.807, 2.05) is 12.1 Å². The number of carbonyl (C=O) groups is 1. The fourth-order valence-corrected chi connectivity index (χ4v) is 0.806. The van der Waals surface area contributed by atoms with E-state index in [1.54, 1.807) is 25.1 Å². The summed E-state index contributed by atoms with van der Waals surface area (Å²) in [6, 6.07) is 10.0. The van der Waals surface area contributed by atoms with Crippen molar-refractivity contribution in [3.63, 3.8) is 0 Å². The highest BCUT2D eigenvalue weighted by Crippen LogP contribution is 2.03. The van der Waals surface area contributed by atoms with Gasteiger partial charge in [0.15, 0.2) is 0 Å². The van der Waals surface area contributed by atoms with Gasteiger partial charge in [0.2, 0.25) is 5.91 Å². The Bertz CT molecular complexity index is 277. The average molecular weight is 160 g/mol. The zero-order valence-electron chi connectivity index (χ0n) is 6.87. The first-order valence-electron chi connectivity index (χ1n) is 3.72. The molecule has 0 spiro atoms. The fourth-order valence-electron chi connectivity index (χ4n) is 0.806. The van der Waals surface area contributed by atoms with Gasteiger partial charge in [0.1, 0.15) is 0 Å². The second-order valence-electron chi connectivity index (χ2n) is 2.28. The summed E-state index contributed by atoms with van der Waals surface area (Å²) in [7, 11) is 0. The number of hydrogen-bond acceptors (Lipinski definition) is 1. The molecule has 0 aliphatic rings. The molecule has 0 heterocycles. The Morgan fingerprint density at radius 3 is 3.08 bits per heavy atom. The smallest absolute Gasteiger partial charge is 0.248 e. The van der Waals surface area contributed by atoms with E-state index in [4.69, 9.17) is 0 Å². The summed E-state index contributed by atoms with van der Waals surface area (Å²) in [6.07, 6.45) is 3.18. The van der Waals surface area contributed by atoms with Crippen molar-refractivity contribution < 1.29 is 4.79 Å². The third-order valence-corrected chi connectivity index (χ3v) is 1.29. The summed E-state index contributed by atoms with van der Waals surface area (Å²) in [5, 5.41) is 2.69. The molecule has 0 bridgehead atoms. The molecule has 0 saturated heterocycles. The van der Waals surface area contributed by atoms with Crippen molar-refractivity contribution in [1.82, 2.24) is 0 Å². The van der Waals surface area contributed by atoms with E-state index in [1.165, 1.54) is 6.08 Å². The van der Waals surface area contributed by atoms with E-state index in [-0.39, 0.29) is 5.91 Å². The zero-order valence-corrected chi connectivity index (χ0v) is 6.87. The van der Waals surface area contributed by atoms with Gasteiger partial charge in [-0.05, 0) is 31.2 Å². The van der Waals surface area contributed by atoms with Crippen LogP contribution in [0.5, 0.6) is 0 Å². The van der Waals surface area contributed by atoms with Crippen LogP contribution in [0.1, 0.15) is 6.92 Å². The average Bonchev–Trinajstić information content (AvgIpc) is 2.06. The van der Waals surface area contributed by atoms with Crippen molar-refractivity contribution in [1.29, 1.82) is 0 Å². The predicted octanol–water partition coefficient (Wildman–Crippen LogP) is 2.00. The van der Waals surface area contributed by atoms with Crippen LogP contribution in [0.15, 0.2) is 36.4 Å². The molecule has 1 rings (SSSR count). The van der Waals surface area contributed by atoms with Gasteiger partial charge in [-0.15, -0.1) is 0 Å². The summed E-state index contributed by atoms with van der Waals surface area (Å²) >= 11 is 0. The second-order valence-corrected chi connectivity index (χ2v) is 2.28. The molecule has 0 fully saturated rings. The molecule has 2 nitrogen and oxygen atoms in total. The van der Waals surface area contributed by atoms with Crippen LogP contribution in [0.4, 0.5) is 5.69 Å². The van der Waals surface area contributed by atoms with E-state index < -0.39 is 0 Å². The highest BCUT2D eigenvalue weighted by atomic mass is 16.1. The number of allylic oxidation sites excluding steroid dienone is 1. The minimum Gasteiger partial charge on any atom is -0.323 e. The Morgan fingerprint density at radius 2 is 2.50 bits per heavy atom. The third kappa shape index (κ3) is 2.58. The molecule has 12 heavy (non-hydrogen) atoms. The van der Waals surface area contributed by atoms with E-state index in [0.29, 0.717) is 0 Å². The highest BCUT2D eigenvalue weighted by Gasteiger charge is 1.93. The molecule has 1 amide bonds. The normalized spacial score (nSPS) is 10.1. The van der Waals surface area contributed by atoms with Gasteiger partial charge in [0, 0.05) is 5.69 Å². The van der Waals surface area contributed by atoms with Gasteiger partial charge < -0.3 is 5.32 Å². The van der Waals surface area contributed by atoms with Gasteiger partial charge in [-0.25, -0.2) is 0 Å². The van der Waals surface area contributed by atoms with E-state index >= 15 is 0 Å². The largest absolute Gasteiger partial charge is 0.323 e. The lowest BCUT2D eigenvalue weighted by atomic mass is 10.3. The van der Waals surface area contributed by atoms with Crippen molar-refractivity contribution in [2.45, 2.75) is 6.92 Å². The van der Waals surface area contributed by atoms with Crippen LogP contribution in [0.3, 0.4) is 0 Å². The number of anilines is 1. The van der Waals surface area contributed by atoms with Crippen LogP contribution in [0, 0.1) is 6.07 Å². The van der Waals surface area contributed by atoms with Gasteiger partial charge in [0.05, 0.1) is 0 Å². The minimum absolute atomic E-state index is 0.114. The standard InChI is InChI=1S/C10H10NO/c1-2-6-10(12)11-9-7-4-3-5-8-9/h2-4,6-8H,1H3,(H,11,12)/b6-2+. The second kappa shape index (κ2) is 4.34. The molecular formula is C10H10NO. The van der Waals surface area contributed by atoms with Gasteiger partial charge in [-0.1, -0.05) is 18.2 Å². The maximum atomic E-state index is 11.0. The molecule has 0 unspecified atom stereocenters. The Morgan fingerprint density at radius 1 is 1.67 bits per heavy atom. The summed E-state index contributed by atoms with van der Waals surface area (Å²) in [5.74, 6) is -0.114. The quantitative estimate of drug-likeness (QED) is 0.659. The first-order chi connectivity index (χ1) is 5.83. The number of carbonyl (C=O) groups excluding carboxylic acids is 1. The van der Waals surface area contributed by atoms with E-state index in [0.717, 1.165) is 5.69 Å². The van der Waals surface area contributed by atoms with Gasteiger partial charge in [-0.2, -0.15) is 0 Å². The maximum absolute atomic E-state index is 11.0. The number of amides is 1. The van der Waals surface area contributed by atoms with Crippen LogP contribution >= 0.6 is 0 Å². The molecule has 0 aromatic heterocycles. The maximum Gasteiger partial charge on any atom is 0.248 e. The molecule has 1 radical (unpaired) electrons. The topological polar surface area (TPSA) is 29.1 Å². The number of nitrogens with one attached hydrogen (secondary N) is 1. The molecule has 1 N–H and O–H groups in total. The summed E-state index contributed by atoms with van der Waals surface area (Å²) in [6.45, 7) is 1.80. The van der Waals surface area contributed by atoms with Crippen molar-refractivity contribution in [3.8, 4) is 0 Å². The molecule has 2 heteroatoms. The van der Waals surface area contributed by atoms with Crippen molar-refractivity contribution in [2.75, 3.05) is 5.32 Å². The summed E-state index contributed by atoms with van der Waals surface area (Å²) in [4.78, 5) is 11.0. The van der Waals surface area contributed by atoms with Crippen LogP contribution in [0.25, 0.3) is 0 Å². The highest BCUT2D eigenvalue weighted by molar-refractivity contribution is 5.99. The molecule has 0 atom stereocenters. The molecular weight excluding hydrogens is 150 g/mol. The Labute approximate surface area is 71.9 Å². The predicted molar refractivity (Wildman–Crippen MR) is 48.7 cm³/mol. The minimum atomic E-state index is -0.114. The third-order valence-electron chi connectivity index (χ3n) is 1.29. The Kier molecular flexibility index (Phi) is 3.08. The van der Waals surface area contributed by atoms with Gasteiger partial charge >= 0.3 is 0 Å². The molecule has 0 aliphatic carbocycles. The monoisotopic (exact) mass is 160 g/mol. The SMILES string of the molecule is C/C=C/C(=O)Nc1c[c]ccc1. The Hall–Kier alpha value is -1.57.